The first-order valence-electron chi connectivity index (χ1n) is 5.82. The summed E-state index contributed by atoms with van der Waals surface area (Å²) in [6.45, 7) is 6.83. The quantitative estimate of drug-likeness (QED) is 0.759. The van der Waals surface area contributed by atoms with Gasteiger partial charge < -0.3 is 10.1 Å². The van der Waals surface area contributed by atoms with Gasteiger partial charge >= 0.3 is 0 Å². The fourth-order valence-electron chi connectivity index (χ4n) is 1.35. The third kappa shape index (κ3) is 6.01. The van der Waals surface area contributed by atoms with Crippen LogP contribution in [0.2, 0.25) is 5.02 Å². The summed E-state index contributed by atoms with van der Waals surface area (Å²) in [7, 11) is 0. The summed E-state index contributed by atoms with van der Waals surface area (Å²) in [5.41, 5.74) is 0.623. The Bertz CT molecular complexity index is 344. The first kappa shape index (κ1) is 14.4. The van der Waals surface area contributed by atoms with Crippen molar-refractivity contribution in [3.8, 4) is 0 Å². The Morgan fingerprint density at radius 3 is 2.82 bits per heavy atom. The van der Waals surface area contributed by atoms with Gasteiger partial charge in [-0.2, -0.15) is 0 Å². The van der Waals surface area contributed by atoms with Crippen LogP contribution in [0.25, 0.3) is 0 Å². The summed E-state index contributed by atoms with van der Waals surface area (Å²) in [5, 5.41) is 3.55. The maximum absolute atomic E-state index is 13.4. The van der Waals surface area contributed by atoms with E-state index in [9.17, 15) is 4.39 Å². The van der Waals surface area contributed by atoms with Crippen LogP contribution in [0.5, 0.6) is 0 Å². The molecule has 0 heterocycles. The Hall–Kier alpha value is -0.640. The zero-order valence-electron chi connectivity index (χ0n) is 10.3. The van der Waals surface area contributed by atoms with Crippen molar-refractivity contribution >= 4 is 11.6 Å². The summed E-state index contributed by atoms with van der Waals surface area (Å²) in [6.07, 6.45) is 0. The lowest BCUT2D eigenvalue weighted by molar-refractivity contribution is 0.111. The van der Waals surface area contributed by atoms with Crippen molar-refractivity contribution in [2.45, 2.75) is 20.4 Å². The van der Waals surface area contributed by atoms with E-state index in [1.54, 1.807) is 12.1 Å². The number of hydrogen-bond acceptors (Lipinski definition) is 2. The van der Waals surface area contributed by atoms with Gasteiger partial charge in [0.15, 0.2) is 0 Å². The molecule has 0 aromatic heterocycles. The third-order valence-electron chi connectivity index (χ3n) is 2.20. The Morgan fingerprint density at radius 2 is 2.18 bits per heavy atom. The molecule has 0 radical (unpaired) electrons. The van der Waals surface area contributed by atoms with Gasteiger partial charge in [0.25, 0.3) is 0 Å². The molecule has 1 N–H and O–H groups in total. The van der Waals surface area contributed by atoms with Crippen LogP contribution >= 0.6 is 11.6 Å². The van der Waals surface area contributed by atoms with Gasteiger partial charge in [0.1, 0.15) is 5.82 Å². The maximum Gasteiger partial charge on any atom is 0.129 e. The van der Waals surface area contributed by atoms with Crippen molar-refractivity contribution in [2.24, 2.45) is 5.92 Å². The van der Waals surface area contributed by atoms with Crippen molar-refractivity contribution in [1.29, 1.82) is 0 Å². The number of ether oxygens (including phenoxy) is 1. The van der Waals surface area contributed by atoms with Crippen LogP contribution < -0.4 is 5.32 Å². The minimum absolute atomic E-state index is 0.270. The summed E-state index contributed by atoms with van der Waals surface area (Å²) in [4.78, 5) is 0. The van der Waals surface area contributed by atoms with Gasteiger partial charge in [0.2, 0.25) is 0 Å². The van der Waals surface area contributed by atoms with Gasteiger partial charge in [0.05, 0.1) is 6.61 Å². The van der Waals surface area contributed by atoms with Gasteiger partial charge in [-0.25, -0.2) is 4.39 Å². The van der Waals surface area contributed by atoms with Crippen molar-refractivity contribution in [3.63, 3.8) is 0 Å². The van der Waals surface area contributed by atoms with Crippen LogP contribution in [0.1, 0.15) is 19.4 Å². The second kappa shape index (κ2) is 7.64. The number of hydrogen-bond donors (Lipinski definition) is 1. The molecule has 2 nitrogen and oxygen atoms in total. The molecule has 0 amide bonds. The van der Waals surface area contributed by atoms with E-state index in [2.05, 4.69) is 19.2 Å². The van der Waals surface area contributed by atoms with E-state index in [1.165, 1.54) is 6.07 Å². The van der Waals surface area contributed by atoms with Crippen molar-refractivity contribution in [2.75, 3.05) is 19.8 Å². The zero-order chi connectivity index (χ0) is 12.7. The van der Waals surface area contributed by atoms with Gasteiger partial charge in [-0.1, -0.05) is 31.5 Å². The molecule has 96 valence electrons. The molecule has 0 saturated carbocycles. The predicted octanol–water partition coefficient (Wildman–Crippen LogP) is 3.24. The fourth-order valence-corrected chi connectivity index (χ4v) is 1.51. The molecule has 0 aliphatic heterocycles. The van der Waals surface area contributed by atoms with Crippen LogP contribution in [-0.4, -0.2) is 19.8 Å². The smallest absolute Gasteiger partial charge is 0.129 e. The summed E-state index contributed by atoms with van der Waals surface area (Å²) in [6, 6.07) is 4.71. The molecule has 0 aliphatic rings. The average molecular weight is 260 g/mol. The first-order chi connectivity index (χ1) is 8.09. The molecular weight excluding hydrogens is 241 g/mol. The van der Waals surface area contributed by atoms with Crippen LogP contribution in [0.3, 0.4) is 0 Å². The molecule has 0 spiro atoms. The largest absolute Gasteiger partial charge is 0.380 e. The van der Waals surface area contributed by atoms with Crippen LogP contribution in [0.15, 0.2) is 18.2 Å². The highest BCUT2D eigenvalue weighted by Crippen LogP contribution is 2.14. The van der Waals surface area contributed by atoms with E-state index in [0.29, 0.717) is 29.7 Å². The lowest BCUT2D eigenvalue weighted by Crippen LogP contribution is -2.20. The van der Waals surface area contributed by atoms with Crippen molar-refractivity contribution < 1.29 is 9.13 Å². The molecule has 1 aromatic carbocycles. The molecule has 0 unspecified atom stereocenters. The molecule has 0 aliphatic carbocycles. The lowest BCUT2D eigenvalue weighted by atomic mass is 10.2. The second-order valence-corrected chi connectivity index (χ2v) is 4.82. The minimum Gasteiger partial charge on any atom is -0.380 e. The second-order valence-electron chi connectivity index (χ2n) is 4.38. The van der Waals surface area contributed by atoms with Gasteiger partial charge in [0, 0.05) is 30.3 Å². The Labute approximate surface area is 107 Å². The summed E-state index contributed by atoms with van der Waals surface area (Å²) in [5.74, 6) is 0.275. The minimum atomic E-state index is -0.270. The molecule has 1 rings (SSSR count). The molecule has 0 bridgehead atoms. The third-order valence-corrected chi connectivity index (χ3v) is 2.44. The summed E-state index contributed by atoms with van der Waals surface area (Å²) < 4.78 is 18.8. The molecule has 1 aromatic rings. The molecule has 0 saturated heterocycles. The van der Waals surface area contributed by atoms with E-state index in [-0.39, 0.29) is 5.82 Å². The van der Waals surface area contributed by atoms with Gasteiger partial charge in [-0.3, -0.25) is 0 Å². The Kier molecular flexibility index (Phi) is 6.48. The van der Waals surface area contributed by atoms with E-state index in [0.717, 1.165) is 13.2 Å². The van der Waals surface area contributed by atoms with Gasteiger partial charge in [-0.05, 0) is 18.1 Å². The maximum atomic E-state index is 13.4. The van der Waals surface area contributed by atoms with Crippen molar-refractivity contribution in [3.05, 3.63) is 34.6 Å². The number of benzene rings is 1. The van der Waals surface area contributed by atoms with E-state index >= 15 is 0 Å². The topological polar surface area (TPSA) is 21.3 Å². The molecule has 0 fully saturated rings. The zero-order valence-corrected chi connectivity index (χ0v) is 11.1. The highest BCUT2D eigenvalue weighted by Gasteiger charge is 2.02. The lowest BCUT2D eigenvalue weighted by Gasteiger charge is -2.08. The van der Waals surface area contributed by atoms with Crippen LogP contribution in [0, 0.1) is 11.7 Å². The van der Waals surface area contributed by atoms with Gasteiger partial charge in [-0.15, -0.1) is 0 Å². The molecule has 0 atom stereocenters. The first-order valence-corrected chi connectivity index (χ1v) is 6.19. The number of nitrogens with one attached hydrogen (secondary N) is 1. The predicted molar refractivity (Wildman–Crippen MR) is 68.8 cm³/mol. The SMILES string of the molecule is CC(C)COCCNCc1ccc(Cl)cc1F. The normalized spacial score (nSPS) is 11.1. The highest BCUT2D eigenvalue weighted by molar-refractivity contribution is 6.30. The number of halogens is 2. The highest BCUT2D eigenvalue weighted by atomic mass is 35.5. The van der Waals surface area contributed by atoms with E-state index < -0.39 is 0 Å². The average Bonchev–Trinajstić information content (AvgIpc) is 2.25. The molecule has 17 heavy (non-hydrogen) atoms. The fraction of sp³-hybridized carbons (Fsp3) is 0.538. The van der Waals surface area contributed by atoms with E-state index in [1.807, 2.05) is 0 Å². The van der Waals surface area contributed by atoms with Crippen LogP contribution in [0.4, 0.5) is 4.39 Å². The monoisotopic (exact) mass is 259 g/mol. The Morgan fingerprint density at radius 1 is 1.41 bits per heavy atom. The molecular formula is C13H19ClFNO. The van der Waals surface area contributed by atoms with E-state index in [4.69, 9.17) is 16.3 Å². The summed E-state index contributed by atoms with van der Waals surface area (Å²) >= 11 is 5.67. The molecule has 4 heteroatoms. The van der Waals surface area contributed by atoms with Crippen molar-refractivity contribution in [1.82, 2.24) is 5.32 Å². The standard InChI is InChI=1S/C13H19ClFNO/c1-10(2)9-17-6-5-16-8-11-3-4-12(14)7-13(11)15/h3-4,7,10,16H,5-6,8-9H2,1-2H3. The Balaban J connectivity index is 2.18. The number of rotatable bonds is 7. The van der Waals surface area contributed by atoms with Crippen LogP contribution in [-0.2, 0) is 11.3 Å².